The number of aromatic nitrogens is 2. The maximum absolute atomic E-state index is 11.9. The zero-order chi connectivity index (χ0) is 13.2. The van der Waals surface area contributed by atoms with E-state index in [4.69, 9.17) is 11.6 Å². The van der Waals surface area contributed by atoms with Crippen LogP contribution in [0.2, 0.25) is 0 Å². The molecule has 0 aromatic carbocycles. The van der Waals surface area contributed by atoms with Crippen LogP contribution in [0.3, 0.4) is 0 Å². The Morgan fingerprint density at radius 3 is 2.47 bits per heavy atom. The molecule has 0 aliphatic heterocycles. The van der Waals surface area contributed by atoms with Crippen molar-refractivity contribution in [2.75, 3.05) is 0 Å². The number of nitrogens with zero attached hydrogens (tertiary/aromatic N) is 2. The van der Waals surface area contributed by atoms with Crippen LogP contribution in [-0.2, 0) is 7.05 Å². The van der Waals surface area contributed by atoms with Crippen molar-refractivity contribution in [3.63, 3.8) is 0 Å². The Morgan fingerprint density at radius 2 is 2.06 bits per heavy atom. The molecule has 1 rings (SSSR count). The van der Waals surface area contributed by atoms with Crippen molar-refractivity contribution in [1.29, 1.82) is 0 Å². The number of allylic oxidation sites excluding steroid dienone is 5. The van der Waals surface area contributed by atoms with Gasteiger partial charge in [-0.3, -0.25) is 9.48 Å². The maximum Gasteiger partial charge on any atom is 0.285 e. The molecule has 0 radical (unpaired) electrons. The Labute approximate surface area is 114 Å². The van der Waals surface area contributed by atoms with Crippen molar-refractivity contribution in [3.8, 4) is 0 Å². The Hall–Kier alpha value is -1.00. The second kappa shape index (κ2) is 5.56. The van der Waals surface area contributed by atoms with Gasteiger partial charge in [-0.15, -0.1) is 0 Å². The summed E-state index contributed by atoms with van der Waals surface area (Å²) < 4.78 is 3.77. The van der Waals surface area contributed by atoms with E-state index in [-0.39, 0.29) is 5.56 Å². The molecule has 1 aromatic heterocycles. The average Bonchev–Trinajstić information content (AvgIpc) is 2.50. The van der Waals surface area contributed by atoms with Gasteiger partial charge in [0, 0.05) is 12.1 Å². The molecule has 0 amide bonds. The molecule has 0 spiro atoms. The summed E-state index contributed by atoms with van der Waals surface area (Å²) in [6.45, 7) is 7.55. The minimum atomic E-state index is -0.128. The van der Waals surface area contributed by atoms with Crippen LogP contribution in [0, 0.1) is 6.92 Å². The van der Waals surface area contributed by atoms with E-state index >= 15 is 0 Å². The van der Waals surface area contributed by atoms with Gasteiger partial charge in [0.1, 0.15) is 4.47 Å². The Kier molecular flexibility index (Phi) is 4.60. The lowest BCUT2D eigenvalue weighted by molar-refractivity contribution is 0.644. The minimum absolute atomic E-state index is 0.128. The highest BCUT2D eigenvalue weighted by molar-refractivity contribution is 9.10. The summed E-state index contributed by atoms with van der Waals surface area (Å²) in [5, 5.41) is 0.601. The normalized spacial score (nSPS) is 12.4. The number of rotatable bonds is 3. The number of hydrogen-bond donors (Lipinski definition) is 0. The first-order chi connectivity index (χ1) is 7.90. The lowest BCUT2D eigenvalue weighted by atomic mass is 10.4. The Balaban J connectivity index is 3.19. The van der Waals surface area contributed by atoms with Crippen LogP contribution in [0.5, 0.6) is 0 Å². The molecule has 1 aromatic rings. The van der Waals surface area contributed by atoms with Gasteiger partial charge in [0.25, 0.3) is 5.56 Å². The van der Waals surface area contributed by atoms with Crippen molar-refractivity contribution in [3.05, 3.63) is 50.4 Å². The first kappa shape index (κ1) is 14.1. The summed E-state index contributed by atoms with van der Waals surface area (Å²) in [4.78, 5) is 11.9. The van der Waals surface area contributed by atoms with Crippen molar-refractivity contribution >= 4 is 33.2 Å². The third kappa shape index (κ3) is 2.82. The van der Waals surface area contributed by atoms with Crippen molar-refractivity contribution in [2.45, 2.75) is 13.8 Å². The Bertz CT molecular complexity index is 564. The molecule has 0 aliphatic rings. The summed E-state index contributed by atoms with van der Waals surface area (Å²) in [6.07, 6.45) is 5.17. The predicted octanol–water partition coefficient (Wildman–Crippen LogP) is 3.43. The van der Waals surface area contributed by atoms with E-state index in [0.717, 1.165) is 5.69 Å². The zero-order valence-electron chi connectivity index (χ0n) is 10.00. The van der Waals surface area contributed by atoms with Crippen LogP contribution in [0.4, 0.5) is 0 Å². The number of hydrogen-bond acceptors (Lipinski definition) is 1. The largest absolute Gasteiger partial charge is 0.285 e. The zero-order valence-corrected chi connectivity index (χ0v) is 12.3. The molecule has 0 fully saturated rings. The molecule has 17 heavy (non-hydrogen) atoms. The van der Waals surface area contributed by atoms with Crippen LogP contribution >= 0.6 is 27.5 Å². The van der Waals surface area contributed by atoms with Crippen molar-refractivity contribution in [1.82, 2.24) is 9.36 Å². The van der Waals surface area contributed by atoms with Gasteiger partial charge in [-0.05, 0) is 41.9 Å². The molecule has 0 saturated heterocycles. The van der Waals surface area contributed by atoms with E-state index in [0.29, 0.717) is 15.2 Å². The van der Waals surface area contributed by atoms with Gasteiger partial charge in [-0.1, -0.05) is 24.3 Å². The van der Waals surface area contributed by atoms with Crippen molar-refractivity contribution < 1.29 is 0 Å². The van der Waals surface area contributed by atoms with Crippen LogP contribution in [0.1, 0.15) is 12.6 Å². The molecule has 0 saturated carbocycles. The fraction of sp³-hybridized carbons (Fsp3) is 0.250. The molecular weight excluding hydrogens is 304 g/mol. The second-order valence-corrected chi connectivity index (χ2v) is 4.77. The van der Waals surface area contributed by atoms with E-state index in [1.807, 2.05) is 13.8 Å². The molecule has 5 heteroatoms. The van der Waals surface area contributed by atoms with E-state index < -0.39 is 0 Å². The third-order valence-electron chi connectivity index (χ3n) is 2.47. The summed E-state index contributed by atoms with van der Waals surface area (Å²) in [6, 6.07) is 0. The summed E-state index contributed by atoms with van der Waals surface area (Å²) >= 11 is 9.10. The van der Waals surface area contributed by atoms with Crippen LogP contribution in [0.25, 0.3) is 5.70 Å². The molecule has 0 unspecified atom stereocenters. The van der Waals surface area contributed by atoms with Gasteiger partial charge < -0.3 is 0 Å². The number of halogens is 2. The Morgan fingerprint density at radius 1 is 1.47 bits per heavy atom. The molecule has 0 atom stereocenters. The lowest BCUT2D eigenvalue weighted by Gasteiger charge is -2.07. The fourth-order valence-electron chi connectivity index (χ4n) is 1.34. The predicted molar refractivity (Wildman–Crippen MR) is 76.2 cm³/mol. The quantitative estimate of drug-likeness (QED) is 0.785. The molecule has 92 valence electrons. The standard InChI is InChI=1S/C12H14BrClN2O/c1-5-10(14)7-6-8(2)16-12(17)11(13)9(3)15(16)4/h5-7H,2H2,1,3-4H3/b7-6-,10-5+. The molecular formula is C12H14BrClN2O. The van der Waals surface area contributed by atoms with Gasteiger partial charge >= 0.3 is 0 Å². The van der Waals surface area contributed by atoms with Gasteiger partial charge in [0.2, 0.25) is 0 Å². The highest BCUT2D eigenvalue weighted by atomic mass is 79.9. The van der Waals surface area contributed by atoms with Crippen LogP contribution < -0.4 is 5.56 Å². The SMILES string of the molecule is C=C(/C=C\C(Cl)=C/C)n1c(=O)c(Br)c(C)n1C. The van der Waals surface area contributed by atoms with Crippen LogP contribution in [0.15, 0.2) is 39.1 Å². The summed E-state index contributed by atoms with van der Waals surface area (Å²) in [7, 11) is 1.80. The van der Waals surface area contributed by atoms with Gasteiger partial charge in [0.05, 0.1) is 11.4 Å². The molecule has 0 aliphatic carbocycles. The van der Waals surface area contributed by atoms with Gasteiger partial charge in [-0.25, -0.2) is 4.68 Å². The van der Waals surface area contributed by atoms with Crippen molar-refractivity contribution in [2.24, 2.45) is 7.05 Å². The maximum atomic E-state index is 11.9. The molecule has 1 heterocycles. The third-order valence-corrected chi connectivity index (χ3v) is 3.72. The lowest BCUT2D eigenvalue weighted by Crippen LogP contribution is -2.19. The summed E-state index contributed by atoms with van der Waals surface area (Å²) in [5.74, 6) is 0. The molecule has 3 nitrogen and oxygen atoms in total. The fourth-order valence-corrected chi connectivity index (χ4v) is 1.83. The van der Waals surface area contributed by atoms with E-state index in [9.17, 15) is 4.79 Å². The molecule has 0 N–H and O–H groups in total. The average molecular weight is 318 g/mol. The second-order valence-electron chi connectivity index (χ2n) is 3.54. The van der Waals surface area contributed by atoms with E-state index in [1.165, 1.54) is 4.68 Å². The monoisotopic (exact) mass is 316 g/mol. The van der Waals surface area contributed by atoms with E-state index in [2.05, 4.69) is 22.5 Å². The highest BCUT2D eigenvalue weighted by Crippen LogP contribution is 2.14. The van der Waals surface area contributed by atoms with E-state index in [1.54, 1.807) is 30.0 Å². The van der Waals surface area contributed by atoms with Gasteiger partial charge in [-0.2, -0.15) is 0 Å². The first-order valence-electron chi connectivity index (χ1n) is 5.03. The summed E-state index contributed by atoms with van der Waals surface area (Å²) in [5.41, 5.74) is 1.28. The topological polar surface area (TPSA) is 26.9 Å². The van der Waals surface area contributed by atoms with Gasteiger partial charge in [0.15, 0.2) is 0 Å². The molecule has 0 bridgehead atoms. The minimum Gasteiger partial charge on any atom is -0.284 e. The smallest absolute Gasteiger partial charge is 0.284 e. The highest BCUT2D eigenvalue weighted by Gasteiger charge is 2.12. The first-order valence-corrected chi connectivity index (χ1v) is 6.20. The van der Waals surface area contributed by atoms with Crippen LogP contribution in [-0.4, -0.2) is 9.36 Å².